The van der Waals surface area contributed by atoms with Crippen LogP contribution in [0.2, 0.25) is 0 Å². The van der Waals surface area contributed by atoms with Gasteiger partial charge in [-0.1, -0.05) is 24.3 Å². The highest BCUT2D eigenvalue weighted by Gasteiger charge is 2.12. The molecule has 0 aliphatic carbocycles. The standard InChI is InChI=1S/C19H12FN5S/c20-13-4-1-11(2-5-13)9-16-15-7-8-26-18(15)14-6-3-12(10-17(14)21-16)19-22-24-25-23-19/h1-8,10H,9H2,(H,22,23,24,25). The van der Waals surface area contributed by atoms with E-state index in [0.29, 0.717) is 12.2 Å². The molecule has 7 heteroatoms. The van der Waals surface area contributed by atoms with Gasteiger partial charge in [0, 0.05) is 27.5 Å². The second-order valence-electron chi connectivity index (χ2n) is 5.99. The predicted molar refractivity (Wildman–Crippen MR) is 99.5 cm³/mol. The highest BCUT2D eigenvalue weighted by Crippen LogP contribution is 2.33. The van der Waals surface area contributed by atoms with Gasteiger partial charge >= 0.3 is 0 Å². The Kier molecular flexibility index (Phi) is 3.46. The van der Waals surface area contributed by atoms with E-state index in [-0.39, 0.29) is 5.82 Å². The van der Waals surface area contributed by atoms with Crippen LogP contribution >= 0.6 is 11.3 Å². The molecule has 0 aliphatic heterocycles. The van der Waals surface area contributed by atoms with Gasteiger partial charge in [0.25, 0.3) is 0 Å². The molecule has 5 nitrogen and oxygen atoms in total. The zero-order valence-corrected chi connectivity index (χ0v) is 14.3. The van der Waals surface area contributed by atoms with E-state index in [4.69, 9.17) is 4.98 Å². The van der Waals surface area contributed by atoms with Crippen LogP contribution < -0.4 is 0 Å². The van der Waals surface area contributed by atoms with Gasteiger partial charge in [0.05, 0.1) is 11.2 Å². The predicted octanol–water partition coefficient (Wildman–Crippen LogP) is 4.36. The van der Waals surface area contributed by atoms with Gasteiger partial charge in [-0.25, -0.2) is 4.39 Å². The van der Waals surface area contributed by atoms with E-state index in [2.05, 4.69) is 38.1 Å². The Morgan fingerprint density at radius 2 is 1.88 bits per heavy atom. The fourth-order valence-electron chi connectivity index (χ4n) is 3.12. The van der Waals surface area contributed by atoms with Gasteiger partial charge < -0.3 is 0 Å². The number of aromatic amines is 1. The summed E-state index contributed by atoms with van der Waals surface area (Å²) in [5.41, 5.74) is 3.76. The van der Waals surface area contributed by atoms with Crippen LogP contribution in [0.25, 0.3) is 32.4 Å². The molecule has 0 atom stereocenters. The Morgan fingerprint density at radius 3 is 2.69 bits per heavy atom. The topological polar surface area (TPSA) is 67.3 Å². The van der Waals surface area contributed by atoms with Crippen molar-refractivity contribution in [1.82, 2.24) is 25.6 Å². The van der Waals surface area contributed by atoms with Crippen LogP contribution in [0.3, 0.4) is 0 Å². The van der Waals surface area contributed by atoms with Gasteiger partial charge in [-0.2, -0.15) is 5.21 Å². The number of hydrogen-bond donors (Lipinski definition) is 1. The Morgan fingerprint density at radius 1 is 1.00 bits per heavy atom. The number of H-pyrrole nitrogens is 1. The molecule has 0 fully saturated rings. The van der Waals surface area contributed by atoms with Crippen LogP contribution in [0.5, 0.6) is 0 Å². The summed E-state index contributed by atoms with van der Waals surface area (Å²) >= 11 is 1.70. The van der Waals surface area contributed by atoms with Crippen molar-refractivity contribution in [1.29, 1.82) is 0 Å². The van der Waals surface area contributed by atoms with E-state index < -0.39 is 0 Å². The maximum absolute atomic E-state index is 13.2. The number of fused-ring (bicyclic) bond motifs is 3. The molecule has 26 heavy (non-hydrogen) atoms. The SMILES string of the molecule is Fc1ccc(Cc2nc3cc(-c4nn[nH]n4)ccc3c3sccc23)cc1. The lowest BCUT2D eigenvalue weighted by molar-refractivity contribution is 0.627. The van der Waals surface area contributed by atoms with Gasteiger partial charge in [-0.05, 0) is 40.4 Å². The van der Waals surface area contributed by atoms with Gasteiger partial charge in [-0.15, -0.1) is 21.5 Å². The Labute approximate surface area is 151 Å². The van der Waals surface area contributed by atoms with Crippen LogP contribution in [0, 0.1) is 5.82 Å². The van der Waals surface area contributed by atoms with Crippen molar-refractivity contribution >= 4 is 32.3 Å². The van der Waals surface area contributed by atoms with E-state index in [1.165, 1.54) is 16.8 Å². The first-order valence-electron chi connectivity index (χ1n) is 8.06. The minimum Gasteiger partial charge on any atom is -0.252 e. The molecule has 0 spiro atoms. The number of aromatic nitrogens is 5. The Balaban J connectivity index is 1.68. The van der Waals surface area contributed by atoms with E-state index in [0.717, 1.165) is 33.1 Å². The van der Waals surface area contributed by atoms with Crippen LogP contribution in [0.15, 0.2) is 53.9 Å². The van der Waals surface area contributed by atoms with Gasteiger partial charge in [-0.3, -0.25) is 4.98 Å². The first-order chi connectivity index (χ1) is 12.8. The highest BCUT2D eigenvalue weighted by atomic mass is 32.1. The van der Waals surface area contributed by atoms with E-state index in [9.17, 15) is 4.39 Å². The van der Waals surface area contributed by atoms with Crippen molar-refractivity contribution in [2.24, 2.45) is 0 Å². The zero-order valence-electron chi connectivity index (χ0n) is 13.5. The largest absolute Gasteiger partial charge is 0.252 e. The molecular formula is C19H12FN5S. The minimum atomic E-state index is -0.231. The molecule has 126 valence electrons. The second-order valence-corrected chi connectivity index (χ2v) is 6.91. The second kappa shape index (κ2) is 5.96. The molecule has 5 aromatic rings. The maximum Gasteiger partial charge on any atom is 0.204 e. The number of pyridine rings is 1. The molecule has 0 bridgehead atoms. The van der Waals surface area contributed by atoms with Crippen LogP contribution in [-0.2, 0) is 6.42 Å². The number of rotatable bonds is 3. The lowest BCUT2D eigenvalue weighted by Gasteiger charge is -2.08. The monoisotopic (exact) mass is 361 g/mol. The molecule has 0 saturated carbocycles. The number of benzene rings is 2. The molecule has 3 aromatic heterocycles. The normalized spacial score (nSPS) is 11.4. The third-order valence-electron chi connectivity index (χ3n) is 4.36. The number of thiophene rings is 1. The Bertz CT molecular complexity index is 1210. The first-order valence-corrected chi connectivity index (χ1v) is 8.94. The lowest BCUT2D eigenvalue weighted by Crippen LogP contribution is -1.95. The van der Waals surface area contributed by atoms with Crippen molar-refractivity contribution < 1.29 is 4.39 Å². The molecule has 0 unspecified atom stereocenters. The molecule has 1 N–H and O–H groups in total. The van der Waals surface area contributed by atoms with Crippen molar-refractivity contribution in [3.8, 4) is 11.4 Å². The van der Waals surface area contributed by atoms with Crippen molar-refractivity contribution in [3.63, 3.8) is 0 Å². The molecule has 5 rings (SSSR count). The van der Waals surface area contributed by atoms with Crippen molar-refractivity contribution in [2.75, 3.05) is 0 Å². The molecule has 0 radical (unpaired) electrons. The quantitative estimate of drug-likeness (QED) is 0.518. The van der Waals surface area contributed by atoms with Gasteiger partial charge in [0.1, 0.15) is 5.82 Å². The minimum absolute atomic E-state index is 0.231. The number of halogens is 1. The number of nitrogens with zero attached hydrogens (tertiary/aromatic N) is 4. The van der Waals surface area contributed by atoms with Crippen molar-refractivity contribution in [2.45, 2.75) is 6.42 Å². The average molecular weight is 361 g/mol. The van der Waals surface area contributed by atoms with E-state index >= 15 is 0 Å². The molecular weight excluding hydrogens is 349 g/mol. The number of hydrogen-bond acceptors (Lipinski definition) is 5. The van der Waals surface area contributed by atoms with Gasteiger partial charge in [0.2, 0.25) is 5.82 Å². The summed E-state index contributed by atoms with van der Waals surface area (Å²) in [7, 11) is 0. The van der Waals surface area contributed by atoms with Crippen LogP contribution in [-0.4, -0.2) is 25.6 Å². The van der Waals surface area contributed by atoms with Crippen LogP contribution in [0.1, 0.15) is 11.3 Å². The average Bonchev–Trinajstić information content (AvgIpc) is 3.35. The molecule has 0 aliphatic rings. The summed E-state index contributed by atoms with van der Waals surface area (Å²) in [6.45, 7) is 0. The molecule has 2 aromatic carbocycles. The lowest BCUT2D eigenvalue weighted by atomic mass is 10.0. The molecule has 0 amide bonds. The number of tetrazole rings is 1. The Hall–Kier alpha value is -3.19. The fraction of sp³-hybridized carbons (Fsp3) is 0.0526. The summed E-state index contributed by atoms with van der Waals surface area (Å²) in [5.74, 6) is 0.311. The summed E-state index contributed by atoms with van der Waals surface area (Å²) in [5, 5.41) is 18.5. The molecule has 0 saturated heterocycles. The van der Waals surface area contributed by atoms with Crippen molar-refractivity contribution in [3.05, 3.63) is 71.0 Å². The molecule has 3 heterocycles. The highest BCUT2D eigenvalue weighted by molar-refractivity contribution is 7.18. The third kappa shape index (κ3) is 2.53. The zero-order chi connectivity index (χ0) is 17.5. The van der Waals surface area contributed by atoms with Crippen LogP contribution in [0.4, 0.5) is 4.39 Å². The summed E-state index contributed by atoms with van der Waals surface area (Å²) in [6.07, 6.45) is 0.649. The third-order valence-corrected chi connectivity index (χ3v) is 5.31. The number of nitrogens with one attached hydrogen (secondary N) is 1. The van der Waals surface area contributed by atoms with Gasteiger partial charge in [0.15, 0.2) is 0 Å². The summed E-state index contributed by atoms with van der Waals surface area (Å²) < 4.78 is 14.4. The summed E-state index contributed by atoms with van der Waals surface area (Å²) in [6, 6.07) is 14.7. The maximum atomic E-state index is 13.2. The smallest absolute Gasteiger partial charge is 0.204 e. The van der Waals surface area contributed by atoms with E-state index in [1.54, 1.807) is 23.5 Å². The summed E-state index contributed by atoms with van der Waals surface area (Å²) in [4.78, 5) is 4.89. The fourth-order valence-corrected chi connectivity index (χ4v) is 4.07. The van der Waals surface area contributed by atoms with E-state index in [1.807, 2.05) is 12.1 Å². The first kappa shape index (κ1) is 15.1.